The van der Waals surface area contributed by atoms with Gasteiger partial charge in [-0.2, -0.15) is 18.3 Å². The maximum atomic E-state index is 12.6. The summed E-state index contributed by atoms with van der Waals surface area (Å²) in [7, 11) is 0. The highest BCUT2D eigenvalue weighted by atomic mass is 19.4. The van der Waals surface area contributed by atoms with Crippen LogP contribution in [0.5, 0.6) is 0 Å². The predicted molar refractivity (Wildman–Crippen MR) is 83.0 cm³/mol. The average Bonchev–Trinajstić information content (AvgIpc) is 2.92. The van der Waals surface area contributed by atoms with Gasteiger partial charge in [-0.3, -0.25) is 4.79 Å². The van der Waals surface area contributed by atoms with Gasteiger partial charge in [-0.15, -0.1) is 0 Å². The highest BCUT2D eigenvalue weighted by Crippen LogP contribution is 2.28. The van der Waals surface area contributed by atoms with E-state index in [4.69, 9.17) is 0 Å². The molecule has 5 nitrogen and oxygen atoms in total. The summed E-state index contributed by atoms with van der Waals surface area (Å²) < 4.78 is 39.1. The van der Waals surface area contributed by atoms with Crippen molar-refractivity contribution in [3.63, 3.8) is 0 Å². The van der Waals surface area contributed by atoms with Gasteiger partial charge in [0.05, 0.1) is 23.0 Å². The maximum absolute atomic E-state index is 12.6. The van der Waals surface area contributed by atoms with Gasteiger partial charge in [-0.25, -0.2) is 9.67 Å². The lowest BCUT2D eigenvalue weighted by molar-refractivity contribution is -0.137. The Morgan fingerprint density at radius 1 is 1.25 bits per heavy atom. The zero-order chi connectivity index (χ0) is 17.7. The van der Waals surface area contributed by atoms with Crippen LogP contribution in [0, 0.1) is 6.92 Å². The highest BCUT2D eigenvalue weighted by Gasteiger charge is 2.30. The molecule has 0 saturated heterocycles. The van der Waals surface area contributed by atoms with Crippen LogP contribution >= 0.6 is 0 Å². The number of aromatic nitrogens is 3. The number of carbonyl (C=O) groups is 1. The van der Waals surface area contributed by atoms with Gasteiger partial charge in [0.25, 0.3) is 5.91 Å². The van der Waals surface area contributed by atoms with E-state index in [-0.39, 0.29) is 11.7 Å². The smallest absolute Gasteiger partial charge is 0.352 e. The van der Waals surface area contributed by atoms with Gasteiger partial charge >= 0.3 is 6.18 Å². The molecule has 0 saturated carbocycles. The Morgan fingerprint density at radius 3 is 2.58 bits per heavy atom. The molecule has 2 heterocycles. The van der Waals surface area contributed by atoms with Gasteiger partial charge in [0.15, 0.2) is 5.82 Å². The van der Waals surface area contributed by atoms with Crippen LogP contribution in [0.1, 0.15) is 47.8 Å². The molecule has 24 heavy (non-hydrogen) atoms. The van der Waals surface area contributed by atoms with E-state index in [2.05, 4.69) is 22.3 Å². The topological polar surface area (TPSA) is 59.8 Å². The van der Waals surface area contributed by atoms with E-state index >= 15 is 0 Å². The quantitative estimate of drug-likeness (QED) is 0.819. The van der Waals surface area contributed by atoms with Crippen molar-refractivity contribution in [2.45, 2.75) is 39.3 Å². The third-order valence-corrected chi connectivity index (χ3v) is 3.61. The minimum atomic E-state index is -4.44. The number of hydrogen-bond acceptors (Lipinski definition) is 3. The molecule has 1 N–H and O–H groups in total. The van der Waals surface area contributed by atoms with Crippen molar-refractivity contribution < 1.29 is 18.0 Å². The molecule has 0 aromatic carbocycles. The van der Waals surface area contributed by atoms with E-state index in [0.29, 0.717) is 17.8 Å². The Bertz CT molecular complexity index is 692. The second-order valence-corrected chi connectivity index (χ2v) is 5.42. The lowest BCUT2D eigenvalue weighted by Gasteiger charge is -2.08. The number of halogens is 3. The van der Waals surface area contributed by atoms with Crippen molar-refractivity contribution in [3.05, 3.63) is 41.3 Å². The van der Waals surface area contributed by atoms with Gasteiger partial charge in [0, 0.05) is 12.7 Å². The first-order valence-corrected chi connectivity index (χ1v) is 7.71. The Hall–Kier alpha value is -2.38. The number of hydrogen-bond donors (Lipinski definition) is 1. The van der Waals surface area contributed by atoms with Gasteiger partial charge in [-0.1, -0.05) is 19.8 Å². The molecule has 0 aliphatic rings. The number of amides is 1. The van der Waals surface area contributed by atoms with E-state index in [9.17, 15) is 18.0 Å². The van der Waals surface area contributed by atoms with Crippen molar-refractivity contribution in [2.75, 3.05) is 6.54 Å². The summed E-state index contributed by atoms with van der Waals surface area (Å²) in [5.74, 6) is -0.0210. The van der Waals surface area contributed by atoms with Crippen LogP contribution in [-0.4, -0.2) is 27.2 Å². The molecule has 0 radical (unpaired) electrons. The van der Waals surface area contributed by atoms with Crippen molar-refractivity contribution in [3.8, 4) is 5.82 Å². The van der Waals surface area contributed by atoms with Crippen LogP contribution in [0.25, 0.3) is 5.82 Å². The molecule has 1 amide bonds. The lowest BCUT2D eigenvalue weighted by atomic mass is 10.2. The number of unbranched alkanes of at least 4 members (excludes halogenated alkanes) is 2. The number of alkyl halides is 3. The molecular formula is C16H19F3N4O. The second-order valence-electron chi connectivity index (χ2n) is 5.42. The van der Waals surface area contributed by atoms with E-state index in [0.717, 1.165) is 31.5 Å². The van der Waals surface area contributed by atoms with Crippen molar-refractivity contribution in [1.82, 2.24) is 20.1 Å². The molecule has 0 spiro atoms. The molecule has 2 rings (SSSR count). The van der Waals surface area contributed by atoms with Crippen LogP contribution in [0.4, 0.5) is 13.2 Å². The summed E-state index contributed by atoms with van der Waals surface area (Å²) in [6, 6.07) is 2.17. The third-order valence-electron chi connectivity index (χ3n) is 3.61. The average molecular weight is 340 g/mol. The minimum Gasteiger partial charge on any atom is -0.352 e. The molecule has 8 heteroatoms. The molecule has 0 bridgehead atoms. The fourth-order valence-electron chi connectivity index (χ4n) is 2.21. The highest BCUT2D eigenvalue weighted by molar-refractivity contribution is 5.95. The molecule has 2 aromatic rings. The molecule has 0 unspecified atom stereocenters. The van der Waals surface area contributed by atoms with Crippen LogP contribution < -0.4 is 5.32 Å². The van der Waals surface area contributed by atoms with Crippen molar-refractivity contribution in [2.24, 2.45) is 0 Å². The van der Waals surface area contributed by atoms with Gasteiger partial charge in [-0.05, 0) is 25.5 Å². The van der Waals surface area contributed by atoms with Gasteiger partial charge in [0.1, 0.15) is 0 Å². The summed E-state index contributed by atoms with van der Waals surface area (Å²) >= 11 is 0. The Kier molecular flexibility index (Phi) is 5.58. The maximum Gasteiger partial charge on any atom is 0.417 e. The first-order valence-electron chi connectivity index (χ1n) is 7.71. The monoisotopic (exact) mass is 340 g/mol. The Labute approximate surface area is 137 Å². The first kappa shape index (κ1) is 18.0. The van der Waals surface area contributed by atoms with Crippen molar-refractivity contribution in [1.29, 1.82) is 0 Å². The zero-order valence-corrected chi connectivity index (χ0v) is 13.5. The predicted octanol–water partition coefficient (Wildman–Crippen LogP) is 3.51. The van der Waals surface area contributed by atoms with Crippen LogP contribution in [0.3, 0.4) is 0 Å². The molecule has 130 valence electrons. The van der Waals surface area contributed by atoms with Crippen LogP contribution in [-0.2, 0) is 6.18 Å². The standard InChI is InChI=1S/C16H19F3N4O/c1-3-4-5-8-20-15(24)13-10-22-23(11(13)2)14-7-6-12(9-21-14)16(17,18)19/h6-7,9-10H,3-5,8H2,1-2H3,(H,20,24). The SMILES string of the molecule is CCCCCNC(=O)c1cnn(-c2ccc(C(F)(F)F)cn2)c1C. The second kappa shape index (κ2) is 7.46. The summed E-state index contributed by atoms with van der Waals surface area (Å²) in [6.45, 7) is 4.33. The summed E-state index contributed by atoms with van der Waals surface area (Å²) in [4.78, 5) is 15.9. The lowest BCUT2D eigenvalue weighted by Crippen LogP contribution is -2.24. The van der Waals surface area contributed by atoms with E-state index in [1.54, 1.807) is 6.92 Å². The van der Waals surface area contributed by atoms with Crippen molar-refractivity contribution >= 4 is 5.91 Å². The molecule has 0 atom stereocenters. The van der Waals surface area contributed by atoms with E-state index in [1.165, 1.54) is 16.9 Å². The molecule has 0 aliphatic carbocycles. The molecule has 2 aromatic heterocycles. The van der Waals surface area contributed by atoms with Crippen LogP contribution in [0.2, 0.25) is 0 Å². The normalized spacial score (nSPS) is 11.5. The number of nitrogens with zero attached hydrogens (tertiary/aromatic N) is 3. The van der Waals surface area contributed by atoms with E-state index in [1.807, 2.05) is 0 Å². The largest absolute Gasteiger partial charge is 0.417 e. The summed E-state index contributed by atoms with van der Waals surface area (Å²) in [6.07, 6.45) is 0.704. The Morgan fingerprint density at radius 2 is 2.00 bits per heavy atom. The van der Waals surface area contributed by atoms with Crippen LogP contribution in [0.15, 0.2) is 24.5 Å². The third kappa shape index (κ3) is 4.12. The fourth-order valence-corrected chi connectivity index (χ4v) is 2.21. The first-order chi connectivity index (χ1) is 11.3. The summed E-state index contributed by atoms with van der Waals surface area (Å²) in [5.41, 5.74) is 0.0772. The number of pyridine rings is 1. The minimum absolute atomic E-state index is 0.227. The van der Waals surface area contributed by atoms with Gasteiger partial charge < -0.3 is 5.32 Å². The molecular weight excluding hydrogens is 321 g/mol. The van der Waals surface area contributed by atoms with E-state index < -0.39 is 11.7 Å². The van der Waals surface area contributed by atoms with Gasteiger partial charge in [0.2, 0.25) is 0 Å². The fraction of sp³-hybridized carbons (Fsp3) is 0.438. The zero-order valence-electron chi connectivity index (χ0n) is 13.5. The summed E-state index contributed by atoms with van der Waals surface area (Å²) in [5, 5.41) is 6.86. The number of nitrogens with one attached hydrogen (secondary N) is 1. The number of rotatable bonds is 6. The Balaban J connectivity index is 2.13. The molecule has 0 aliphatic heterocycles. The molecule has 0 fully saturated rings. The number of carbonyl (C=O) groups excluding carboxylic acids is 1.